The lowest BCUT2D eigenvalue weighted by molar-refractivity contribution is 0.526. The largest absolute Gasteiger partial charge is 0.361 e. The molecular weight excluding hydrogens is 416 g/mol. The molecule has 29 heavy (non-hydrogen) atoms. The maximum absolute atomic E-state index is 13.0. The number of aromatic nitrogens is 5. The van der Waals surface area contributed by atoms with Gasteiger partial charge in [-0.25, -0.2) is 23.4 Å². The van der Waals surface area contributed by atoms with Crippen LogP contribution in [0.2, 0.25) is 5.28 Å². The molecule has 0 aliphatic heterocycles. The van der Waals surface area contributed by atoms with Crippen LogP contribution in [0.5, 0.6) is 0 Å². The lowest BCUT2D eigenvalue weighted by Crippen LogP contribution is -2.28. The molecule has 0 amide bonds. The molecule has 3 aromatic heterocycles. The zero-order valence-electron chi connectivity index (χ0n) is 16.3. The first-order valence-corrected chi connectivity index (χ1v) is 11.2. The fraction of sp³-hybridized carbons (Fsp3) is 0.389. The van der Waals surface area contributed by atoms with Gasteiger partial charge in [0, 0.05) is 18.8 Å². The molecule has 1 atom stereocenters. The number of fused-ring (bicyclic) bond motifs is 1. The lowest BCUT2D eigenvalue weighted by Gasteiger charge is -2.17. The van der Waals surface area contributed by atoms with Gasteiger partial charge in [0.2, 0.25) is 5.28 Å². The van der Waals surface area contributed by atoms with E-state index in [0.29, 0.717) is 16.7 Å². The van der Waals surface area contributed by atoms with E-state index < -0.39 is 9.84 Å². The van der Waals surface area contributed by atoms with Crippen molar-refractivity contribution in [1.29, 1.82) is 0 Å². The minimum atomic E-state index is -3.36. The molecule has 0 spiro atoms. The Labute approximate surface area is 173 Å². The van der Waals surface area contributed by atoms with Gasteiger partial charge in [0.15, 0.2) is 26.3 Å². The third-order valence-electron chi connectivity index (χ3n) is 4.59. The highest BCUT2D eigenvalue weighted by Crippen LogP contribution is 2.18. The van der Waals surface area contributed by atoms with Gasteiger partial charge >= 0.3 is 0 Å². The average Bonchev–Trinajstić information content (AvgIpc) is 2.72. The summed E-state index contributed by atoms with van der Waals surface area (Å²) in [6, 6.07) is 3.00. The Bertz CT molecular complexity index is 1190. The number of rotatable bonds is 7. The highest BCUT2D eigenvalue weighted by Gasteiger charge is 2.17. The molecule has 0 radical (unpaired) electrons. The summed E-state index contributed by atoms with van der Waals surface area (Å²) in [6.45, 7) is 5.70. The van der Waals surface area contributed by atoms with Crippen molar-refractivity contribution in [2.45, 2.75) is 44.8 Å². The third kappa shape index (κ3) is 4.38. The highest BCUT2D eigenvalue weighted by molar-refractivity contribution is 7.91. The van der Waals surface area contributed by atoms with Gasteiger partial charge in [-0.05, 0) is 36.6 Å². The highest BCUT2D eigenvalue weighted by atomic mass is 35.5. The molecule has 3 aromatic rings. The fourth-order valence-corrected chi connectivity index (χ4v) is 3.63. The van der Waals surface area contributed by atoms with Gasteiger partial charge in [-0.3, -0.25) is 9.36 Å². The van der Waals surface area contributed by atoms with Gasteiger partial charge in [0.25, 0.3) is 5.56 Å². The van der Waals surface area contributed by atoms with Crippen molar-refractivity contribution >= 4 is 38.4 Å². The van der Waals surface area contributed by atoms with E-state index in [0.717, 1.165) is 6.42 Å². The van der Waals surface area contributed by atoms with Crippen molar-refractivity contribution in [1.82, 2.24) is 24.5 Å². The van der Waals surface area contributed by atoms with E-state index in [1.165, 1.54) is 18.5 Å². The Hall–Kier alpha value is -2.59. The number of hydrogen-bond donors (Lipinski definition) is 1. The van der Waals surface area contributed by atoms with Crippen molar-refractivity contribution in [2.24, 2.45) is 0 Å². The van der Waals surface area contributed by atoms with Gasteiger partial charge in [-0.1, -0.05) is 19.9 Å². The molecule has 1 N–H and O–H groups in total. The number of hydrogen-bond acceptors (Lipinski definition) is 8. The van der Waals surface area contributed by atoms with E-state index >= 15 is 0 Å². The molecular formula is C18H21ClN6O3S. The van der Waals surface area contributed by atoms with Crippen LogP contribution >= 0.6 is 11.6 Å². The second-order valence-electron chi connectivity index (χ2n) is 6.50. The number of nitrogens with one attached hydrogen (secondary N) is 1. The van der Waals surface area contributed by atoms with Crippen LogP contribution in [0, 0.1) is 0 Å². The van der Waals surface area contributed by atoms with Crippen molar-refractivity contribution in [3.8, 4) is 0 Å². The molecule has 3 rings (SSSR count). The summed E-state index contributed by atoms with van der Waals surface area (Å²) < 4.78 is 25.3. The topological polar surface area (TPSA) is 120 Å². The Balaban J connectivity index is 1.94. The summed E-state index contributed by atoms with van der Waals surface area (Å²) >= 11 is 5.90. The van der Waals surface area contributed by atoms with Crippen molar-refractivity contribution in [3.05, 3.63) is 45.7 Å². The molecule has 0 aliphatic rings. The van der Waals surface area contributed by atoms with E-state index in [9.17, 15) is 13.2 Å². The van der Waals surface area contributed by atoms with Crippen LogP contribution in [0.4, 0.5) is 5.82 Å². The van der Waals surface area contributed by atoms with Crippen LogP contribution in [0.3, 0.4) is 0 Å². The third-order valence-corrected chi connectivity index (χ3v) is 6.41. The van der Waals surface area contributed by atoms with Crippen LogP contribution in [0.25, 0.3) is 11.2 Å². The molecule has 0 aliphatic carbocycles. The summed E-state index contributed by atoms with van der Waals surface area (Å²) in [5, 5.41) is 3.08. The molecule has 0 bridgehead atoms. The fourth-order valence-electron chi connectivity index (χ4n) is 2.72. The maximum atomic E-state index is 13.0. The number of anilines is 1. The zero-order chi connectivity index (χ0) is 21.2. The predicted octanol–water partition coefficient (Wildman–Crippen LogP) is 2.61. The standard InChI is InChI=1S/C18H21ClN6O3S/c1-4-11(3)25-16-13(10-22-18(19)24-16)23-15(17(25)26)21-9-12-6-7-14(20-8-12)29(27,28)5-2/h6-8,10-11H,4-5,9H2,1-3H3,(H,21,23)/t11-/m0/s1. The zero-order valence-corrected chi connectivity index (χ0v) is 17.8. The quantitative estimate of drug-likeness (QED) is 0.561. The summed E-state index contributed by atoms with van der Waals surface area (Å²) in [7, 11) is -3.36. The molecule has 3 heterocycles. The Kier molecular flexibility index (Phi) is 6.13. The Morgan fingerprint density at radius 2 is 1.93 bits per heavy atom. The maximum Gasteiger partial charge on any atom is 0.295 e. The van der Waals surface area contributed by atoms with E-state index in [1.807, 2.05) is 13.8 Å². The predicted molar refractivity (Wildman–Crippen MR) is 111 cm³/mol. The molecule has 0 saturated heterocycles. The monoisotopic (exact) mass is 436 g/mol. The van der Waals surface area contributed by atoms with Crippen LogP contribution in [-0.2, 0) is 16.4 Å². The number of nitrogens with zero attached hydrogens (tertiary/aromatic N) is 5. The first-order valence-electron chi connectivity index (χ1n) is 9.13. The van der Waals surface area contributed by atoms with Crippen molar-refractivity contribution < 1.29 is 8.42 Å². The lowest BCUT2D eigenvalue weighted by atomic mass is 10.2. The van der Waals surface area contributed by atoms with Crippen LogP contribution in [-0.4, -0.2) is 38.7 Å². The summed E-state index contributed by atoms with van der Waals surface area (Å²) in [4.78, 5) is 29.4. The summed E-state index contributed by atoms with van der Waals surface area (Å²) in [5.41, 5.74) is 1.22. The van der Waals surface area contributed by atoms with Crippen LogP contribution < -0.4 is 10.9 Å². The molecule has 0 saturated carbocycles. The van der Waals surface area contributed by atoms with Crippen LogP contribution in [0.15, 0.2) is 34.3 Å². The minimum absolute atomic E-state index is 0.0140. The molecule has 154 valence electrons. The second kappa shape index (κ2) is 8.42. The molecule has 0 unspecified atom stereocenters. The Morgan fingerprint density at radius 3 is 2.55 bits per heavy atom. The molecule has 9 nitrogen and oxygen atoms in total. The normalized spacial score (nSPS) is 12.8. The number of sulfone groups is 1. The van der Waals surface area contributed by atoms with Gasteiger partial charge in [-0.15, -0.1) is 0 Å². The SMILES string of the molecule is CC[C@H](C)n1c(=O)c(NCc2ccc(S(=O)(=O)CC)nc2)nc2cnc(Cl)nc21. The van der Waals surface area contributed by atoms with Gasteiger partial charge in [0.1, 0.15) is 5.52 Å². The van der Waals surface area contributed by atoms with Crippen LogP contribution in [0.1, 0.15) is 38.8 Å². The Morgan fingerprint density at radius 1 is 1.17 bits per heavy atom. The first kappa shape index (κ1) is 21.1. The van der Waals surface area contributed by atoms with Gasteiger partial charge in [0.05, 0.1) is 11.9 Å². The average molecular weight is 437 g/mol. The summed E-state index contributed by atoms with van der Waals surface area (Å²) in [6.07, 6.45) is 3.66. The van der Waals surface area contributed by atoms with Gasteiger partial charge in [-0.2, -0.15) is 4.98 Å². The van der Waals surface area contributed by atoms with Crippen molar-refractivity contribution in [3.63, 3.8) is 0 Å². The minimum Gasteiger partial charge on any atom is -0.361 e. The van der Waals surface area contributed by atoms with Gasteiger partial charge < -0.3 is 5.32 Å². The van der Waals surface area contributed by atoms with E-state index in [2.05, 4.69) is 25.3 Å². The number of halogens is 1. The molecule has 0 fully saturated rings. The van der Waals surface area contributed by atoms with E-state index in [-0.39, 0.29) is 40.0 Å². The van der Waals surface area contributed by atoms with E-state index in [1.54, 1.807) is 17.6 Å². The molecule has 11 heteroatoms. The smallest absolute Gasteiger partial charge is 0.295 e. The van der Waals surface area contributed by atoms with E-state index in [4.69, 9.17) is 11.6 Å². The second-order valence-corrected chi connectivity index (χ2v) is 9.07. The molecule has 0 aromatic carbocycles. The summed E-state index contributed by atoms with van der Waals surface area (Å²) in [5.74, 6) is 0.133. The number of pyridine rings is 1. The first-order chi connectivity index (χ1) is 13.8. The van der Waals surface area contributed by atoms with Crippen molar-refractivity contribution in [2.75, 3.05) is 11.1 Å².